The molecule has 0 atom stereocenters. The third kappa shape index (κ3) is 2.79. The van der Waals surface area contributed by atoms with Crippen molar-refractivity contribution in [2.45, 2.75) is 24.2 Å². The molecule has 0 saturated carbocycles. The molecule has 0 aromatic heterocycles. The van der Waals surface area contributed by atoms with E-state index >= 15 is 0 Å². The molecule has 13 heteroatoms. The van der Waals surface area contributed by atoms with E-state index in [-0.39, 0.29) is 0 Å². The first kappa shape index (κ1) is 16.9. The first-order valence-corrected chi connectivity index (χ1v) is 4.91. The maximum absolute atomic E-state index is 12.6. The van der Waals surface area contributed by atoms with E-state index < -0.39 is 41.9 Å². The molecule has 0 aliphatic carbocycles. The van der Waals surface area contributed by atoms with Gasteiger partial charge < -0.3 is 4.74 Å². The maximum atomic E-state index is 12.6. The average molecular weight is 337 g/mol. The maximum Gasteiger partial charge on any atom is 0.468 e. The summed E-state index contributed by atoms with van der Waals surface area (Å²) in [5.41, 5.74) is -5.30. The highest BCUT2D eigenvalue weighted by Crippen LogP contribution is 2.49. The molecular formula is C7H2ClF9N2O. The summed E-state index contributed by atoms with van der Waals surface area (Å²) in [6.07, 6.45) is -18.2. The van der Waals surface area contributed by atoms with E-state index in [1.54, 1.807) is 4.99 Å². The molecule has 1 aliphatic heterocycles. The highest BCUT2D eigenvalue weighted by Gasteiger charge is 2.74. The second kappa shape index (κ2) is 4.67. The van der Waals surface area contributed by atoms with Gasteiger partial charge in [-0.15, -0.1) is 11.6 Å². The molecular weight excluding hydrogens is 335 g/mol. The first-order valence-electron chi connectivity index (χ1n) is 4.37. The zero-order valence-corrected chi connectivity index (χ0v) is 9.55. The van der Waals surface area contributed by atoms with Crippen molar-refractivity contribution in [2.75, 3.05) is 5.88 Å². The van der Waals surface area contributed by atoms with Gasteiger partial charge in [0.25, 0.3) is 0 Å². The minimum Gasteiger partial charge on any atom is -0.419 e. The monoisotopic (exact) mass is 336 g/mol. The zero-order valence-electron chi connectivity index (χ0n) is 8.79. The SMILES string of the molecule is FC(F)(F)C1=NC(C(F)(F)F)(C(F)(F)F)N=C(CCl)O1. The van der Waals surface area contributed by atoms with Gasteiger partial charge in [0.1, 0.15) is 0 Å². The predicted molar refractivity (Wildman–Crippen MR) is 47.6 cm³/mol. The molecule has 0 fully saturated rings. The number of aliphatic imine (C=N–C) groups is 2. The Morgan fingerprint density at radius 3 is 1.65 bits per heavy atom. The zero-order chi connectivity index (χ0) is 16.0. The number of hydrogen-bond acceptors (Lipinski definition) is 3. The molecule has 0 saturated heterocycles. The van der Waals surface area contributed by atoms with E-state index in [2.05, 4.69) is 9.73 Å². The van der Waals surface area contributed by atoms with Gasteiger partial charge in [0.15, 0.2) is 0 Å². The van der Waals surface area contributed by atoms with E-state index in [4.69, 9.17) is 11.6 Å². The second-order valence-electron chi connectivity index (χ2n) is 3.32. The number of rotatable bonds is 1. The summed E-state index contributed by atoms with van der Waals surface area (Å²) < 4.78 is 116. The Morgan fingerprint density at radius 1 is 0.900 bits per heavy atom. The number of halogens is 10. The number of hydrogen-bond donors (Lipinski definition) is 0. The van der Waals surface area contributed by atoms with Crippen LogP contribution in [-0.4, -0.2) is 41.9 Å². The fraction of sp³-hybridized carbons (Fsp3) is 0.714. The summed E-state index contributed by atoms with van der Waals surface area (Å²) in [5.74, 6) is -5.55. The Morgan fingerprint density at radius 2 is 1.35 bits per heavy atom. The average Bonchev–Trinajstić information content (AvgIpc) is 2.24. The number of alkyl halides is 10. The molecule has 1 aliphatic rings. The standard InChI is InChI=1S/C7H2ClF9N2O/c8-1-2-18-5(6(12,13)14,7(15,16)17)19-3(20-2)4(9,10)11/h1H2. The number of nitrogens with zero attached hydrogens (tertiary/aromatic N) is 2. The molecule has 20 heavy (non-hydrogen) atoms. The van der Waals surface area contributed by atoms with Crippen molar-refractivity contribution < 1.29 is 44.3 Å². The molecule has 1 rings (SSSR count). The Balaban J connectivity index is 3.59. The topological polar surface area (TPSA) is 34.0 Å². The van der Waals surface area contributed by atoms with Crippen molar-refractivity contribution in [3.63, 3.8) is 0 Å². The molecule has 0 unspecified atom stereocenters. The van der Waals surface area contributed by atoms with Gasteiger partial charge in [-0.3, -0.25) is 0 Å². The van der Waals surface area contributed by atoms with Crippen LogP contribution in [0.5, 0.6) is 0 Å². The van der Waals surface area contributed by atoms with Crippen LogP contribution in [0.25, 0.3) is 0 Å². The van der Waals surface area contributed by atoms with Crippen LogP contribution in [0, 0.1) is 0 Å². The van der Waals surface area contributed by atoms with E-state index in [0.717, 1.165) is 0 Å². The van der Waals surface area contributed by atoms with Crippen LogP contribution in [0.4, 0.5) is 39.5 Å². The van der Waals surface area contributed by atoms with Crippen LogP contribution >= 0.6 is 11.6 Å². The van der Waals surface area contributed by atoms with Crippen LogP contribution in [0.2, 0.25) is 0 Å². The molecule has 0 amide bonds. The Kier molecular flexibility index (Phi) is 3.93. The fourth-order valence-corrected chi connectivity index (χ4v) is 1.22. The molecule has 116 valence electrons. The molecule has 0 spiro atoms. The summed E-state index contributed by atoms with van der Waals surface area (Å²) in [7, 11) is 0. The van der Waals surface area contributed by atoms with Gasteiger partial charge >= 0.3 is 30.1 Å². The summed E-state index contributed by atoms with van der Waals surface area (Å²) in [6, 6.07) is 0. The highest BCUT2D eigenvalue weighted by molar-refractivity contribution is 6.28. The Bertz CT molecular complexity index is 433. The van der Waals surface area contributed by atoms with E-state index in [9.17, 15) is 39.5 Å². The van der Waals surface area contributed by atoms with Gasteiger partial charge in [-0.25, -0.2) is 4.99 Å². The summed E-state index contributed by atoms with van der Waals surface area (Å²) in [5, 5.41) is 0. The van der Waals surface area contributed by atoms with Gasteiger partial charge in [0.2, 0.25) is 5.90 Å². The van der Waals surface area contributed by atoms with Gasteiger partial charge in [-0.05, 0) is 0 Å². The van der Waals surface area contributed by atoms with Crippen molar-refractivity contribution in [1.29, 1.82) is 0 Å². The van der Waals surface area contributed by atoms with Crippen molar-refractivity contribution >= 4 is 23.4 Å². The summed E-state index contributed by atoms with van der Waals surface area (Å²) >= 11 is 4.91. The number of ether oxygens (including phenoxy) is 1. The molecule has 1 heterocycles. The minimum atomic E-state index is -6.26. The molecule has 0 radical (unpaired) electrons. The molecule has 3 nitrogen and oxygen atoms in total. The lowest BCUT2D eigenvalue weighted by Crippen LogP contribution is -2.57. The van der Waals surface area contributed by atoms with Gasteiger partial charge in [0, 0.05) is 0 Å². The third-order valence-electron chi connectivity index (χ3n) is 1.91. The quantitative estimate of drug-likeness (QED) is 0.533. The second-order valence-corrected chi connectivity index (χ2v) is 3.59. The van der Waals surface area contributed by atoms with Crippen molar-refractivity contribution in [1.82, 2.24) is 0 Å². The van der Waals surface area contributed by atoms with Crippen molar-refractivity contribution in [3.05, 3.63) is 0 Å². The summed E-state index contributed by atoms with van der Waals surface area (Å²) in [6.45, 7) is 0. The molecule has 0 aromatic rings. The van der Waals surface area contributed by atoms with Gasteiger partial charge in [0.05, 0.1) is 5.88 Å². The van der Waals surface area contributed by atoms with Gasteiger partial charge in [-0.1, -0.05) is 0 Å². The Labute approximate surface area is 109 Å². The molecule has 0 aromatic carbocycles. The van der Waals surface area contributed by atoms with Crippen molar-refractivity contribution in [2.24, 2.45) is 9.98 Å². The van der Waals surface area contributed by atoms with Crippen LogP contribution in [0.1, 0.15) is 0 Å². The largest absolute Gasteiger partial charge is 0.468 e. The van der Waals surface area contributed by atoms with Crippen LogP contribution in [-0.2, 0) is 4.74 Å². The first-order chi connectivity index (χ1) is 8.74. The van der Waals surface area contributed by atoms with Crippen LogP contribution in [0.3, 0.4) is 0 Å². The van der Waals surface area contributed by atoms with Crippen LogP contribution < -0.4 is 0 Å². The smallest absolute Gasteiger partial charge is 0.419 e. The minimum absolute atomic E-state index is 1.23. The lowest BCUT2D eigenvalue weighted by Gasteiger charge is -2.33. The lowest BCUT2D eigenvalue weighted by atomic mass is 10.1. The summed E-state index contributed by atoms with van der Waals surface area (Å²) in [4.78, 5) is 3.66. The fourth-order valence-electron chi connectivity index (χ4n) is 1.10. The van der Waals surface area contributed by atoms with E-state index in [1.165, 1.54) is 0 Å². The molecule has 0 N–H and O–H groups in total. The van der Waals surface area contributed by atoms with Crippen molar-refractivity contribution in [3.8, 4) is 0 Å². The third-order valence-corrected chi connectivity index (χ3v) is 2.14. The van der Waals surface area contributed by atoms with E-state index in [0.29, 0.717) is 0 Å². The predicted octanol–water partition coefficient (Wildman–Crippen LogP) is 3.44. The van der Waals surface area contributed by atoms with E-state index in [1.807, 2.05) is 0 Å². The highest BCUT2D eigenvalue weighted by atomic mass is 35.5. The lowest BCUT2D eigenvalue weighted by molar-refractivity contribution is -0.294. The normalized spacial score (nSPS) is 20.1. The molecule has 0 bridgehead atoms. The Hall–Kier alpha value is -1.20. The van der Waals surface area contributed by atoms with Gasteiger partial charge in [-0.2, -0.15) is 44.5 Å². The van der Waals surface area contributed by atoms with Crippen LogP contribution in [0.15, 0.2) is 9.98 Å².